The van der Waals surface area contributed by atoms with Gasteiger partial charge in [0.1, 0.15) is 18.2 Å². The fourth-order valence-corrected chi connectivity index (χ4v) is 2.96. The lowest BCUT2D eigenvalue weighted by Gasteiger charge is -2.16. The Morgan fingerprint density at radius 3 is 3.00 bits per heavy atom. The molecule has 2 aliphatic heterocycles. The molecule has 2 atom stereocenters. The van der Waals surface area contributed by atoms with Crippen molar-refractivity contribution in [3.05, 3.63) is 24.0 Å². The second-order valence-corrected chi connectivity index (χ2v) is 6.25. The third-order valence-electron chi connectivity index (χ3n) is 4.36. The van der Waals surface area contributed by atoms with Crippen molar-refractivity contribution in [2.24, 2.45) is 5.92 Å². The van der Waals surface area contributed by atoms with Gasteiger partial charge < -0.3 is 19.7 Å². The highest BCUT2D eigenvalue weighted by Crippen LogP contribution is 2.28. The Hall–Kier alpha value is -2.15. The number of benzene rings is 1. The van der Waals surface area contributed by atoms with Crippen molar-refractivity contribution >= 4 is 17.5 Å². The van der Waals surface area contributed by atoms with E-state index in [1.807, 2.05) is 0 Å². The summed E-state index contributed by atoms with van der Waals surface area (Å²) in [5, 5.41) is 2.69. The van der Waals surface area contributed by atoms with E-state index in [9.17, 15) is 14.0 Å². The van der Waals surface area contributed by atoms with Crippen LogP contribution in [0, 0.1) is 11.7 Å². The summed E-state index contributed by atoms with van der Waals surface area (Å²) in [5.74, 6) is -0.867. The summed E-state index contributed by atoms with van der Waals surface area (Å²) in [4.78, 5) is 25.4. The fraction of sp³-hybridized carbons (Fsp3) is 0.529. The Labute approximate surface area is 139 Å². The number of hydrogen-bond acceptors (Lipinski definition) is 4. The number of carbonyl (C=O) groups excluding carboxylic acids is 2. The number of ether oxygens (including phenoxy) is 2. The first-order valence-electron chi connectivity index (χ1n) is 8.11. The molecule has 130 valence electrons. The van der Waals surface area contributed by atoms with Gasteiger partial charge in [0, 0.05) is 32.7 Å². The number of rotatable bonds is 5. The minimum atomic E-state index is -0.464. The lowest BCUT2D eigenvalue weighted by Crippen LogP contribution is -2.26. The van der Waals surface area contributed by atoms with Gasteiger partial charge in [-0.25, -0.2) is 4.39 Å². The molecule has 6 nitrogen and oxygen atoms in total. The van der Waals surface area contributed by atoms with Crippen LogP contribution in [-0.2, 0) is 14.3 Å². The zero-order valence-electron chi connectivity index (χ0n) is 13.6. The van der Waals surface area contributed by atoms with Gasteiger partial charge in [-0.1, -0.05) is 0 Å². The van der Waals surface area contributed by atoms with Crippen LogP contribution < -0.4 is 10.1 Å². The van der Waals surface area contributed by atoms with E-state index in [0.717, 1.165) is 19.4 Å². The average Bonchev–Trinajstić information content (AvgIpc) is 3.17. The summed E-state index contributed by atoms with van der Waals surface area (Å²) in [6, 6.07) is 4.00. The van der Waals surface area contributed by atoms with Crippen LogP contribution in [0.15, 0.2) is 18.2 Å². The summed E-state index contributed by atoms with van der Waals surface area (Å²) in [6.07, 6.45) is 2.13. The Balaban J connectivity index is 1.66. The van der Waals surface area contributed by atoms with Gasteiger partial charge in [-0.2, -0.15) is 0 Å². The Bertz CT molecular complexity index is 631. The summed E-state index contributed by atoms with van der Waals surface area (Å²) >= 11 is 0. The molecule has 1 aromatic rings. The Morgan fingerprint density at radius 1 is 1.50 bits per heavy atom. The van der Waals surface area contributed by atoms with Crippen molar-refractivity contribution in [2.45, 2.75) is 25.4 Å². The molecule has 2 aliphatic rings. The predicted octanol–water partition coefficient (Wildman–Crippen LogP) is 1.80. The molecule has 0 unspecified atom stereocenters. The molecule has 24 heavy (non-hydrogen) atoms. The first kappa shape index (κ1) is 16.7. The summed E-state index contributed by atoms with van der Waals surface area (Å²) in [5.41, 5.74) is 0.278. The van der Waals surface area contributed by atoms with Gasteiger partial charge in [0.2, 0.25) is 11.8 Å². The first-order chi connectivity index (χ1) is 11.5. The maximum atomic E-state index is 13.5. The third kappa shape index (κ3) is 3.84. The monoisotopic (exact) mass is 336 g/mol. The Kier molecular flexibility index (Phi) is 4.99. The number of halogens is 1. The average molecular weight is 336 g/mol. The van der Waals surface area contributed by atoms with Crippen molar-refractivity contribution in [2.75, 3.05) is 32.1 Å². The van der Waals surface area contributed by atoms with E-state index < -0.39 is 11.7 Å². The largest absolute Gasteiger partial charge is 0.489 e. The second kappa shape index (κ2) is 7.17. The number of likely N-dealkylation sites (tertiary alicyclic amines) is 1. The normalized spacial score (nSPS) is 23.6. The summed E-state index contributed by atoms with van der Waals surface area (Å²) < 4.78 is 24.7. The van der Waals surface area contributed by atoms with Crippen LogP contribution in [0.5, 0.6) is 5.75 Å². The van der Waals surface area contributed by atoms with Crippen LogP contribution in [0.2, 0.25) is 0 Å². The Morgan fingerprint density at radius 2 is 2.33 bits per heavy atom. The van der Waals surface area contributed by atoms with Crippen molar-refractivity contribution in [1.29, 1.82) is 0 Å². The molecule has 0 saturated carbocycles. The van der Waals surface area contributed by atoms with E-state index in [1.54, 1.807) is 7.05 Å². The fourth-order valence-electron chi connectivity index (χ4n) is 2.96. The number of amides is 2. The van der Waals surface area contributed by atoms with Crippen LogP contribution in [0.25, 0.3) is 0 Å². The quantitative estimate of drug-likeness (QED) is 0.890. The molecule has 2 amide bonds. The molecule has 1 N–H and O–H groups in total. The molecule has 7 heteroatoms. The summed E-state index contributed by atoms with van der Waals surface area (Å²) in [7, 11) is 1.66. The minimum Gasteiger partial charge on any atom is -0.489 e. The van der Waals surface area contributed by atoms with E-state index in [1.165, 1.54) is 23.1 Å². The molecule has 3 rings (SSSR count). The SMILES string of the molecule is CN1C[C@@H](C(=O)Nc2cc(F)ccc2OC[C@@H]2CCCO2)CC1=O. The molecular formula is C17H21FN2O4. The molecule has 0 aromatic heterocycles. The van der Waals surface area contributed by atoms with Crippen molar-refractivity contribution < 1.29 is 23.5 Å². The molecule has 0 spiro atoms. The zero-order chi connectivity index (χ0) is 17.1. The van der Waals surface area contributed by atoms with Crippen LogP contribution in [0.3, 0.4) is 0 Å². The molecule has 0 bridgehead atoms. The van der Waals surface area contributed by atoms with Crippen LogP contribution in [-0.4, -0.2) is 49.6 Å². The smallest absolute Gasteiger partial charge is 0.229 e. The minimum absolute atomic E-state index is 0.0275. The zero-order valence-corrected chi connectivity index (χ0v) is 13.6. The summed E-state index contributed by atoms with van der Waals surface area (Å²) in [6.45, 7) is 1.45. The number of nitrogens with zero attached hydrogens (tertiary/aromatic N) is 1. The maximum Gasteiger partial charge on any atom is 0.229 e. The number of hydrogen-bond donors (Lipinski definition) is 1. The molecule has 0 aliphatic carbocycles. The van der Waals surface area contributed by atoms with Gasteiger partial charge >= 0.3 is 0 Å². The highest BCUT2D eigenvalue weighted by Gasteiger charge is 2.32. The van der Waals surface area contributed by atoms with E-state index in [0.29, 0.717) is 18.9 Å². The van der Waals surface area contributed by atoms with Gasteiger partial charge in [-0.15, -0.1) is 0 Å². The van der Waals surface area contributed by atoms with Gasteiger partial charge in [-0.3, -0.25) is 9.59 Å². The lowest BCUT2D eigenvalue weighted by atomic mass is 10.1. The molecular weight excluding hydrogens is 315 g/mol. The van der Waals surface area contributed by atoms with E-state index in [-0.39, 0.29) is 30.0 Å². The van der Waals surface area contributed by atoms with E-state index in [4.69, 9.17) is 9.47 Å². The van der Waals surface area contributed by atoms with Crippen molar-refractivity contribution in [3.63, 3.8) is 0 Å². The topological polar surface area (TPSA) is 67.9 Å². The van der Waals surface area contributed by atoms with Crippen LogP contribution >= 0.6 is 0 Å². The van der Waals surface area contributed by atoms with Gasteiger partial charge in [0.05, 0.1) is 17.7 Å². The second-order valence-electron chi connectivity index (χ2n) is 6.25. The highest BCUT2D eigenvalue weighted by atomic mass is 19.1. The first-order valence-corrected chi connectivity index (χ1v) is 8.11. The predicted molar refractivity (Wildman–Crippen MR) is 85.2 cm³/mol. The van der Waals surface area contributed by atoms with E-state index in [2.05, 4.69) is 5.32 Å². The standard InChI is InChI=1S/C17H21FN2O4/c1-20-9-11(7-16(20)21)17(22)19-14-8-12(18)4-5-15(14)24-10-13-3-2-6-23-13/h4-5,8,11,13H,2-3,6-7,9-10H2,1H3,(H,19,22)/t11-,13-/m0/s1. The van der Waals surface area contributed by atoms with Crippen molar-refractivity contribution in [1.82, 2.24) is 4.90 Å². The molecule has 2 saturated heterocycles. The molecule has 0 radical (unpaired) electrons. The van der Waals surface area contributed by atoms with Crippen LogP contribution in [0.1, 0.15) is 19.3 Å². The maximum absolute atomic E-state index is 13.5. The van der Waals surface area contributed by atoms with Crippen molar-refractivity contribution in [3.8, 4) is 5.75 Å². The highest BCUT2D eigenvalue weighted by molar-refractivity contribution is 5.98. The number of carbonyl (C=O) groups is 2. The third-order valence-corrected chi connectivity index (χ3v) is 4.36. The molecule has 2 heterocycles. The molecule has 1 aromatic carbocycles. The van der Waals surface area contributed by atoms with E-state index >= 15 is 0 Å². The lowest BCUT2D eigenvalue weighted by molar-refractivity contribution is -0.127. The van der Waals surface area contributed by atoms with Gasteiger partial charge in [-0.05, 0) is 25.0 Å². The van der Waals surface area contributed by atoms with Gasteiger partial charge in [0.25, 0.3) is 0 Å². The van der Waals surface area contributed by atoms with Crippen LogP contribution in [0.4, 0.5) is 10.1 Å². The van der Waals surface area contributed by atoms with Gasteiger partial charge in [0.15, 0.2) is 0 Å². The number of anilines is 1. The molecule has 2 fully saturated rings. The number of nitrogens with one attached hydrogen (secondary N) is 1.